The maximum absolute atomic E-state index is 12.3. The van der Waals surface area contributed by atoms with Crippen LogP contribution in [0.3, 0.4) is 0 Å². The number of thiophene rings is 1. The van der Waals surface area contributed by atoms with Crippen LogP contribution in [0.5, 0.6) is 5.75 Å². The van der Waals surface area contributed by atoms with Crippen LogP contribution in [0.25, 0.3) is 0 Å². The fourth-order valence-electron chi connectivity index (χ4n) is 1.83. The van der Waals surface area contributed by atoms with Crippen LogP contribution in [-0.2, 0) is 16.6 Å². The highest BCUT2D eigenvalue weighted by molar-refractivity contribution is 7.91. The summed E-state index contributed by atoms with van der Waals surface area (Å²) in [4.78, 5) is 0. The molecule has 0 spiro atoms. The molecule has 21 heavy (non-hydrogen) atoms. The lowest BCUT2D eigenvalue weighted by Gasteiger charge is -2.14. The number of sulfonamides is 1. The number of hydrogen-bond acceptors (Lipinski definition) is 5. The van der Waals surface area contributed by atoms with E-state index in [2.05, 4.69) is 4.72 Å². The second kappa shape index (κ2) is 6.57. The predicted molar refractivity (Wildman–Crippen MR) is 82.0 cm³/mol. The summed E-state index contributed by atoms with van der Waals surface area (Å²) in [6, 6.07) is 8.33. The normalized spacial score (nSPS) is 13.1. The van der Waals surface area contributed by atoms with E-state index in [1.807, 2.05) is 12.1 Å². The van der Waals surface area contributed by atoms with Crippen LogP contribution in [-0.4, -0.2) is 20.6 Å². The van der Waals surface area contributed by atoms with Crippen molar-refractivity contribution < 1.29 is 18.3 Å². The Labute approximate surface area is 128 Å². The molecule has 2 rings (SSSR count). The van der Waals surface area contributed by atoms with Gasteiger partial charge in [0.05, 0.1) is 13.7 Å². The molecular weight excluding hydrogens is 310 g/mol. The molecule has 0 bridgehead atoms. The highest BCUT2D eigenvalue weighted by atomic mass is 32.2. The fraction of sp³-hybridized carbons (Fsp3) is 0.286. The monoisotopic (exact) mass is 327 g/mol. The van der Waals surface area contributed by atoms with Gasteiger partial charge in [0, 0.05) is 6.04 Å². The first-order chi connectivity index (χ1) is 9.96. The van der Waals surface area contributed by atoms with Crippen molar-refractivity contribution in [1.29, 1.82) is 0 Å². The number of aliphatic hydroxyl groups excluding tert-OH is 1. The Balaban J connectivity index is 2.14. The van der Waals surface area contributed by atoms with E-state index in [1.165, 1.54) is 6.07 Å². The molecule has 0 aliphatic heterocycles. The summed E-state index contributed by atoms with van der Waals surface area (Å²) in [6.07, 6.45) is 0. The molecule has 1 aromatic carbocycles. The second-order valence-electron chi connectivity index (χ2n) is 4.55. The molecule has 1 atom stereocenters. The van der Waals surface area contributed by atoms with Gasteiger partial charge in [-0.2, -0.15) is 0 Å². The van der Waals surface area contributed by atoms with Crippen molar-refractivity contribution in [3.8, 4) is 5.75 Å². The summed E-state index contributed by atoms with van der Waals surface area (Å²) in [5.74, 6) is 0.722. The number of ether oxygens (including phenoxy) is 1. The summed E-state index contributed by atoms with van der Waals surface area (Å²) in [7, 11) is -2.01. The molecule has 7 heteroatoms. The predicted octanol–water partition coefficient (Wildman–Crippen LogP) is 2.29. The first kappa shape index (κ1) is 16.0. The van der Waals surface area contributed by atoms with Crippen LogP contribution in [0.1, 0.15) is 24.1 Å². The first-order valence-corrected chi connectivity index (χ1v) is 8.67. The lowest BCUT2D eigenvalue weighted by Crippen LogP contribution is -2.26. The van der Waals surface area contributed by atoms with Gasteiger partial charge in [0.15, 0.2) is 0 Å². The van der Waals surface area contributed by atoms with Gasteiger partial charge in [-0.3, -0.25) is 0 Å². The van der Waals surface area contributed by atoms with Crippen molar-refractivity contribution in [2.45, 2.75) is 23.8 Å². The number of hydrogen-bond donors (Lipinski definition) is 2. The Kier molecular flexibility index (Phi) is 5.00. The summed E-state index contributed by atoms with van der Waals surface area (Å²) in [6.45, 7) is 1.61. The molecule has 0 aliphatic carbocycles. The van der Waals surface area contributed by atoms with Crippen molar-refractivity contribution in [3.05, 3.63) is 46.8 Å². The second-order valence-corrected chi connectivity index (χ2v) is 7.40. The Morgan fingerprint density at radius 2 is 2.00 bits per heavy atom. The highest BCUT2D eigenvalue weighted by Gasteiger charge is 2.20. The van der Waals surface area contributed by atoms with E-state index in [0.717, 1.165) is 22.6 Å². The maximum Gasteiger partial charge on any atom is 0.250 e. The Bertz CT molecular complexity index is 692. The molecule has 1 unspecified atom stereocenters. The van der Waals surface area contributed by atoms with Gasteiger partial charge in [-0.05, 0) is 41.6 Å². The van der Waals surface area contributed by atoms with E-state index in [1.54, 1.807) is 31.5 Å². The van der Waals surface area contributed by atoms with Crippen molar-refractivity contribution >= 4 is 21.4 Å². The van der Waals surface area contributed by atoms with Gasteiger partial charge in [-0.25, -0.2) is 13.1 Å². The molecule has 0 saturated carbocycles. The summed E-state index contributed by atoms with van der Waals surface area (Å²) >= 11 is 1.09. The zero-order valence-corrected chi connectivity index (χ0v) is 13.4. The average Bonchev–Trinajstić information content (AvgIpc) is 2.96. The van der Waals surface area contributed by atoms with E-state index in [4.69, 9.17) is 9.84 Å². The summed E-state index contributed by atoms with van der Waals surface area (Å²) < 4.78 is 32.4. The molecule has 2 N–H and O–H groups in total. The third-order valence-corrected chi connectivity index (χ3v) is 6.05. The molecule has 114 valence electrons. The molecule has 5 nitrogen and oxygen atoms in total. The molecule has 0 radical (unpaired) electrons. The van der Waals surface area contributed by atoms with Gasteiger partial charge in [-0.1, -0.05) is 12.1 Å². The summed E-state index contributed by atoms with van der Waals surface area (Å²) in [5, 5.41) is 10.6. The van der Waals surface area contributed by atoms with Crippen LogP contribution in [0.2, 0.25) is 0 Å². The number of aliphatic hydroxyl groups is 1. The number of benzene rings is 1. The van der Waals surface area contributed by atoms with Crippen molar-refractivity contribution in [3.63, 3.8) is 0 Å². The molecular formula is C14H17NO4S2. The van der Waals surface area contributed by atoms with E-state index >= 15 is 0 Å². The first-order valence-electron chi connectivity index (χ1n) is 6.31. The SMILES string of the molecule is COc1ccc(C(C)NS(=O)(=O)c2cc(CO)cs2)cc1. The van der Waals surface area contributed by atoms with Gasteiger partial charge < -0.3 is 9.84 Å². The maximum atomic E-state index is 12.3. The number of rotatable bonds is 6. The van der Waals surface area contributed by atoms with Crippen LogP contribution in [0.4, 0.5) is 0 Å². The minimum Gasteiger partial charge on any atom is -0.497 e. The van der Waals surface area contributed by atoms with E-state index < -0.39 is 10.0 Å². The molecule has 0 fully saturated rings. The standard InChI is InChI=1S/C14H17NO4S2/c1-10(12-3-5-13(19-2)6-4-12)15-21(17,18)14-7-11(8-16)9-20-14/h3-7,9-10,15-16H,8H2,1-2H3. The van der Waals surface area contributed by atoms with Crippen LogP contribution in [0.15, 0.2) is 39.9 Å². The average molecular weight is 327 g/mol. The van der Waals surface area contributed by atoms with Crippen LogP contribution in [0, 0.1) is 0 Å². The Morgan fingerprint density at radius 3 is 2.52 bits per heavy atom. The molecule has 0 aliphatic rings. The topological polar surface area (TPSA) is 75.6 Å². The zero-order chi connectivity index (χ0) is 15.5. The van der Waals surface area contributed by atoms with E-state index in [0.29, 0.717) is 5.56 Å². The number of nitrogens with one attached hydrogen (secondary N) is 1. The van der Waals surface area contributed by atoms with Gasteiger partial charge in [-0.15, -0.1) is 11.3 Å². The lowest BCUT2D eigenvalue weighted by molar-refractivity contribution is 0.282. The quantitative estimate of drug-likeness (QED) is 0.853. The van der Waals surface area contributed by atoms with Crippen LogP contribution >= 0.6 is 11.3 Å². The minimum atomic E-state index is -3.59. The molecule has 1 aromatic heterocycles. The Hall–Kier alpha value is -1.41. The van der Waals surface area contributed by atoms with Crippen LogP contribution < -0.4 is 9.46 Å². The van der Waals surface area contributed by atoms with Gasteiger partial charge in [0.2, 0.25) is 0 Å². The summed E-state index contributed by atoms with van der Waals surface area (Å²) in [5.41, 5.74) is 1.44. The van der Waals surface area contributed by atoms with E-state index in [9.17, 15) is 8.42 Å². The third kappa shape index (κ3) is 3.82. The zero-order valence-electron chi connectivity index (χ0n) is 11.7. The third-order valence-electron chi connectivity index (χ3n) is 3.02. The van der Waals surface area contributed by atoms with Crippen molar-refractivity contribution in [2.24, 2.45) is 0 Å². The van der Waals surface area contributed by atoms with Crippen molar-refractivity contribution in [2.75, 3.05) is 7.11 Å². The smallest absolute Gasteiger partial charge is 0.250 e. The van der Waals surface area contributed by atoms with Gasteiger partial charge >= 0.3 is 0 Å². The van der Waals surface area contributed by atoms with Gasteiger partial charge in [0.1, 0.15) is 9.96 Å². The fourth-order valence-corrected chi connectivity index (χ4v) is 4.28. The van der Waals surface area contributed by atoms with E-state index in [-0.39, 0.29) is 16.9 Å². The van der Waals surface area contributed by atoms with Crippen molar-refractivity contribution in [1.82, 2.24) is 4.72 Å². The molecule has 0 saturated heterocycles. The lowest BCUT2D eigenvalue weighted by atomic mass is 10.1. The van der Waals surface area contributed by atoms with Gasteiger partial charge in [0.25, 0.3) is 10.0 Å². The largest absolute Gasteiger partial charge is 0.497 e. The Morgan fingerprint density at radius 1 is 1.33 bits per heavy atom. The minimum absolute atomic E-state index is 0.167. The highest BCUT2D eigenvalue weighted by Crippen LogP contribution is 2.23. The number of methoxy groups -OCH3 is 1. The molecule has 2 aromatic rings. The molecule has 1 heterocycles. The molecule has 0 amide bonds.